The molecule has 3 nitrogen and oxygen atoms in total. The predicted molar refractivity (Wildman–Crippen MR) is 88.5 cm³/mol. The van der Waals surface area contributed by atoms with E-state index < -0.39 is 0 Å². The van der Waals surface area contributed by atoms with Crippen molar-refractivity contribution in [3.63, 3.8) is 0 Å². The van der Waals surface area contributed by atoms with E-state index in [-0.39, 0.29) is 0 Å². The average molecular weight is 341 g/mol. The standard InChI is InChI=1S/C16H25BrN2O/c1-3-7-18-13(2)15-12-14(17)5-6-16(15)19-8-4-10-20-11-9-19/h5-6,12-13,18H,3-4,7-11H2,1-2H3. The van der Waals surface area contributed by atoms with Gasteiger partial charge in [-0.05, 0) is 50.1 Å². The number of ether oxygens (including phenoxy) is 1. The van der Waals surface area contributed by atoms with E-state index in [1.54, 1.807) is 0 Å². The van der Waals surface area contributed by atoms with Crippen LogP contribution in [0.1, 0.15) is 38.3 Å². The van der Waals surface area contributed by atoms with Crippen LogP contribution in [-0.4, -0.2) is 32.8 Å². The minimum atomic E-state index is 0.367. The van der Waals surface area contributed by atoms with E-state index in [4.69, 9.17) is 4.74 Å². The molecule has 1 aliphatic rings. The van der Waals surface area contributed by atoms with Gasteiger partial charge < -0.3 is 15.0 Å². The van der Waals surface area contributed by atoms with E-state index in [2.05, 4.69) is 58.2 Å². The number of rotatable bonds is 5. The Hall–Kier alpha value is -0.580. The van der Waals surface area contributed by atoms with Crippen LogP contribution in [0.25, 0.3) is 0 Å². The Morgan fingerprint density at radius 2 is 2.20 bits per heavy atom. The molecule has 1 N–H and O–H groups in total. The molecule has 0 saturated carbocycles. The van der Waals surface area contributed by atoms with Crippen molar-refractivity contribution < 1.29 is 4.74 Å². The molecule has 1 saturated heterocycles. The summed E-state index contributed by atoms with van der Waals surface area (Å²) in [4.78, 5) is 2.46. The van der Waals surface area contributed by atoms with E-state index in [0.29, 0.717) is 6.04 Å². The van der Waals surface area contributed by atoms with Crippen molar-refractivity contribution >= 4 is 21.6 Å². The molecular formula is C16H25BrN2O. The maximum absolute atomic E-state index is 5.57. The van der Waals surface area contributed by atoms with Crippen LogP contribution in [-0.2, 0) is 4.74 Å². The molecular weight excluding hydrogens is 316 g/mol. The van der Waals surface area contributed by atoms with Crippen LogP contribution in [0.3, 0.4) is 0 Å². The molecule has 20 heavy (non-hydrogen) atoms. The zero-order valence-electron chi connectivity index (χ0n) is 12.5. The first kappa shape index (κ1) is 15.8. The summed E-state index contributed by atoms with van der Waals surface area (Å²) in [7, 11) is 0. The Balaban J connectivity index is 2.21. The predicted octanol–water partition coefficient (Wildman–Crippen LogP) is 3.74. The number of hydrogen-bond donors (Lipinski definition) is 1. The van der Waals surface area contributed by atoms with Gasteiger partial charge in [-0.15, -0.1) is 0 Å². The van der Waals surface area contributed by atoms with Crippen LogP contribution < -0.4 is 10.2 Å². The van der Waals surface area contributed by atoms with Crippen molar-refractivity contribution in [3.05, 3.63) is 28.2 Å². The maximum Gasteiger partial charge on any atom is 0.0641 e. The molecule has 0 amide bonds. The van der Waals surface area contributed by atoms with Crippen molar-refractivity contribution in [1.82, 2.24) is 5.32 Å². The number of benzene rings is 1. The lowest BCUT2D eigenvalue weighted by atomic mass is 10.0. The molecule has 0 aliphatic carbocycles. The summed E-state index contributed by atoms with van der Waals surface area (Å²) in [5, 5.41) is 3.59. The average Bonchev–Trinajstić information content (AvgIpc) is 2.73. The molecule has 2 rings (SSSR count). The molecule has 1 aromatic carbocycles. The van der Waals surface area contributed by atoms with Crippen LogP contribution >= 0.6 is 15.9 Å². The van der Waals surface area contributed by atoms with Gasteiger partial charge in [-0.1, -0.05) is 22.9 Å². The van der Waals surface area contributed by atoms with Gasteiger partial charge in [0.1, 0.15) is 0 Å². The molecule has 0 bridgehead atoms. The molecule has 4 heteroatoms. The van der Waals surface area contributed by atoms with E-state index in [9.17, 15) is 0 Å². The highest BCUT2D eigenvalue weighted by Crippen LogP contribution is 2.30. The fourth-order valence-corrected chi connectivity index (χ4v) is 3.00. The molecule has 1 fully saturated rings. The van der Waals surface area contributed by atoms with Gasteiger partial charge in [-0.3, -0.25) is 0 Å². The summed E-state index contributed by atoms with van der Waals surface area (Å²) in [6.07, 6.45) is 2.26. The summed E-state index contributed by atoms with van der Waals surface area (Å²) in [5.41, 5.74) is 2.71. The molecule has 1 aromatic rings. The first-order chi connectivity index (χ1) is 9.72. The molecule has 112 valence electrons. The van der Waals surface area contributed by atoms with Gasteiger partial charge in [-0.25, -0.2) is 0 Å². The number of nitrogens with zero attached hydrogens (tertiary/aromatic N) is 1. The van der Waals surface area contributed by atoms with Crippen molar-refractivity contribution in [3.8, 4) is 0 Å². The second-order valence-corrected chi connectivity index (χ2v) is 6.25. The van der Waals surface area contributed by atoms with Crippen LogP contribution in [0.5, 0.6) is 0 Å². The van der Waals surface area contributed by atoms with Gasteiger partial charge in [-0.2, -0.15) is 0 Å². The summed E-state index contributed by atoms with van der Waals surface area (Å²) < 4.78 is 6.71. The second-order valence-electron chi connectivity index (χ2n) is 5.33. The lowest BCUT2D eigenvalue weighted by molar-refractivity contribution is 0.152. The quantitative estimate of drug-likeness (QED) is 0.883. The SMILES string of the molecule is CCCNC(C)c1cc(Br)ccc1N1CCCOCC1. The second kappa shape index (κ2) is 8.01. The summed E-state index contributed by atoms with van der Waals surface area (Å²) in [6.45, 7) is 9.27. The Morgan fingerprint density at radius 3 is 3.00 bits per heavy atom. The maximum atomic E-state index is 5.57. The number of anilines is 1. The minimum Gasteiger partial charge on any atom is -0.380 e. The zero-order valence-corrected chi connectivity index (χ0v) is 14.1. The highest BCUT2D eigenvalue weighted by atomic mass is 79.9. The topological polar surface area (TPSA) is 24.5 Å². The van der Waals surface area contributed by atoms with Crippen LogP contribution in [0, 0.1) is 0 Å². The van der Waals surface area contributed by atoms with Crippen molar-refractivity contribution in [2.24, 2.45) is 0 Å². The highest BCUT2D eigenvalue weighted by Gasteiger charge is 2.17. The van der Waals surface area contributed by atoms with Gasteiger partial charge in [0.2, 0.25) is 0 Å². The molecule has 1 heterocycles. The number of halogens is 1. The monoisotopic (exact) mass is 340 g/mol. The van der Waals surface area contributed by atoms with Gasteiger partial charge in [0.25, 0.3) is 0 Å². The van der Waals surface area contributed by atoms with Crippen LogP contribution in [0.15, 0.2) is 22.7 Å². The Morgan fingerprint density at radius 1 is 1.35 bits per heavy atom. The Labute approximate surface area is 130 Å². The normalized spacial score (nSPS) is 17.9. The summed E-state index contributed by atoms with van der Waals surface area (Å²) in [5.74, 6) is 0. The van der Waals surface area contributed by atoms with E-state index in [1.807, 2.05) is 0 Å². The number of nitrogens with one attached hydrogen (secondary N) is 1. The van der Waals surface area contributed by atoms with E-state index >= 15 is 0 Å². The Bertz CT molecular complexity index is 417. The van der Waals surface area contributed by atoms with Crippen molar-refractivity contribution in [1.29, 1.82) is 0 Å². The van der Waals surface area contributed by atoms with Gasteiger partial charge in [0.05, 0.1) is 6.61 Å². The first-order valence-corrected chi connectivity index (χ1v) is 8.37. The molecule has 0 spiro atoms. The van der Waals surface area contributed by atoms with E-state index in [0.717, 1.165) is 50.2 Å². The molecule has 1 atom stereocenters. The minimum absolute atomic E-state index is 0.367. The largest absolute Gasteiger partial charge is 0.380 e. The molecule has 1 unspecified atom stereocenters. The lowest BCUT2D eigenvalue weighted by Crippen LogP contribution is -2.29. The number of hydrogen-bond acceptors (Lipinski definition) is 3. The Kier molecular flexibility index (Phi) is 6.33. The van der Waals surface area contributed by atoms with Gasteiger partial charge in [0.15, 0.2) is 0 Å². The fourth-order valence-electron chi connectivity index (χ4n) is 2.62. The van der Waals surface area contributed by atoms with E-state index in [1.165, 1.54) is 11.3 Å². The first-order valence-electron chi connectivity index (χ1n) is 7.58. The third-order valence-electron chi connectivity index (χ3n) is 3.72. The third kappa shape index (κ3) is 4.21. The smallest absolute Gasteiger partial charge is 0.0641 e. The highest BCUT2D eigenvalue weighted by molar-refractivity contribution is 9.10. The van der Waals surface area contributed by atoms with Gasteiger partial charge >= 0.3 is 0 Å². The van der Waals surface area contributed by atoms with Crippen LogP contribution in [0.2, 0.25) is 0 Å². The van der Waals surface area contributed by atoms with Crippen molar-refractivity contribution in [2.45, 2.75) is 32.7 Å². The summed E-state index contributed by atoms with van der Waals surface area (Å²) >= 11 is 3.60. The van der Waals surface area contributed by atoms with Crippen LogP contribution in [0.4, 0.5) is 5.69 Å². The molecule has 0 aromatic heterocycles. The third-order valence-corrected chi connectivity index (χ3v) is 4.21. The molecule has 1 aliphatic heterocycles. The summed E-state index contributed by atoms with van der Waals surface area (Å²) in [6, 6.07) is 6.98. The zero-order chi connectivity index (χ0) is 14.4. The lowest BCUT2D eigenvalue weighted by Gasteiger charge is -2.28. The fraction of sp³-hybridized carbons (Fsp3) is 0.625. The van der Waals surface area contributed by atoms with Gasteiger partial charge in [0, 0.05) is 35.9 Å². The van der Waals surface area contributed by atoms with Crippen molar-refractivity contribution in [2.75, 3.05) is 37.7 Å². The molecule has 0 radical (unpaired) electrons.